The van der Waals surface area contributed by atoms with Crippen LogP contribution in [-0.2, 0) is 0 Å². The number of nitrogens with zero attached hydrogens (tertiary/aromatic N) is 1. The van der Waals surface area contributed by atoms with Crippen LogP contribution in [0.5, 0.6) is 11.6 Å². The minimum absolute atomic E-state index is 0.0162. The molecule has 0 saturated heterocycles. The van der Waals surface area contributed by atoms with Gasteiger partial charge in [0.2, 0.25) is 5.88 Å². The molecule has 0 aliphatic rings. The second kappa shape index (κ2) is 5.01. The van der Waals surface area contributed by atoms with E-state index < -0.39 is 11.7 Å². The summed E-state index contributed by atoms with van der Waals surface area (Å²) >= 11 is 5.70. The molecular weight excluding hydrogens is 259 g/mol. The van der Waals surface area contributed by atoms with Gasteiger partial charge in [-0.05, 0) is 18.2 Å². The van der Waals surface area contributed by atoms with Crippen LogP contribution in [0.15, 0.2) is 36.5 Å². The predicted octanol–water partition coefficient (Wildman–Crippen LogP) is 2.77. The largest absolute Gasteiger partial charge is 0.438 e. The Hall–Kier alpha value is -2.14. The molecule has 2 rings (SSSR count). The van der Waals surface area contributed by atoms with E-state index in [-0.39, 0.29) is 22.2 Å². The van der Waals surface area contributed by atoms with Crippen LogP contribution < -0.4 is 10.5 Å². The molecule has 4 nitrogen and oxygen atoms in total. The van der Waals surface area contributed by atoms with Crippen LogP contribution in [0.4, 0.5) is 4.39 Å². The lowest BCUT2D eigenvalue weighted by atomic mass is 10.2. The van der Waals surface area contributed by atoms with Crippen LogP contribution in [0.2, 0.25) is 5.02 Å². The number of aromatic nitrogens is 1. The lowest BCUT2D eigenvalue weighted by Crippen LogP contribution is -2.13. The lowest BCUT2D eigenvalue weighted by molar-refractivity contribution is 0.0997. The Morgan fingerprint density at radius 1 is 1.39 bits per heavy atom. The number of pyridine rings is 1. The highest BCUT2D eigenvalue weighted by Crippen LogP contribution is 2.25. The average molecular weight is 267 g/mol. The summed E-state index contributed by atoms with van der Waals surface area (Å²) in [6.45, 7) is 0. The summed E-state index contributed by atoms with van der Waals surface area (Å²) in [5.41, 5.74) is 5.21. The quantitative estimate of drug-likeness (QED) is 0.929. The first-order valence-electron chi connectivity index (χ1n) is 4.95. The zero-order chi connectivity index (χ0) is 13.1. The van der Waals surface area contributed by atoms with Crippen LogP contribution in [0, 0.1) is 5.82 Å². The van der Waals surface area contributed by atoms with Gasteiger partial charge in [0.25, 0.3) is 5.91 Å². The Morgan fingerprint density at radius 3 is 2.83 bits per heavy atom. The summed E-state index contributed by atoms with van der Waals surface area (Å²) < 4.78 is 18.3. The number of hydrogen-bond acceptors (Lipinski definition) is 3. The Bertz CT molecular complexity index is 604. The maximum atomic E-state index is 13.0. The summed E-state index contributed by atoms with van der Waals surface area (Å²) in [7, 11) is 0. The molecule has 0 radical (unpaired) electrons. The third-order valence-corrected chi connectivity index (χ3v) is 2.30. The van der Waals surface area contributed by atoms with Gasteiger partial charge in [0, 0.05) is 12.3 Å². The summed E-state index contributed by atoms with van der Waals surface area (Å²) in [4.78, 5) is 15.0. The van der Waals surface area contributed by atoms with Crippen molar-refractivity contribution in [3.8, 4) is 11.6 Å². The number of carbonyl (C=O) groups is 1. The minimum Gasteiger partial charge on any atom is -0.438 e. The van der Waals surface area contributed by atoms with Gasteiger partial charge in [0.15, 0.2) is 0 Å². The molecular formula is C12H8ClFN2O2. The van der Waals surface area contributed by atoms with Gasteiger partial charge in [-0.2, -0.15) is 0 Å². The fourth-order valence-corrected chi connectivity index (χ4v) is 1.48. The van der Waals surface area contributed by atoms with Crippen molar-refractivity contribution in [3.63, 3.8) is 0 Å². The molecule has 2 N–H and O–H groups in total. The lowest BCUT2D eigenvalue weighted by Gasteiger charge is -2.08. The van der Waals surface area contributed by atoms with Crippen molar-refractivity contribution in [1.29, 1.82) is 0 Å². The van der Waals surface area contributed by atoms with E-state index in [0.29, 0.717) is 0 Å². The number of rotatable bonds is 3. The molecule has 0 aliphatic heterocycles. The Labute approximate surface area is 107 Å². The molecule has 1 aromatic carbocycles. The molecule has 2 aromatic rings. The maximum absolute atomic E-state index is 13.0. The second-order valence-corrected chi connectivity index (χ2v) is 3.87. The number of benzene rings is 1. The molecule has 18 heavy (non-hydrogen) atoms. The normalized spacial score (nSPS) is 10.1. The first-order valence-corrected chi connectivity index (χ1v) is 5.33. The van der Waals surface area contributed by atoms with Crippen LogP contribution in [0.25, 0.3) is 0 Å². The van der Waals surface area contributed by atoms with Gasteiger partial charge in [-0.15, -0.1) is 0 Å². The number of amides is 1. The number of primary amides is 1. The number of carbonyl (C=O) groups excluding carboxylic acids is 1. The third kappa shape index (κ3) is 2.75. The van der Waals surface area contributed by atoms with E-state index in [9.17, 15) is 9.18 Å². The highest BCUT2D eigenvalue weighted by Gasteiger charge is 2.13. The predicted molar refractivity (Wildman–Crippen MR) is 64.2 cm³/mol. The number of nitrogens with two attached hydrogens (primary N) is 1. The van der Waals surface area contributed by atoms with Crippen molar-refractivity contribution in [1.82, 2.24) is 4.98 Å². The van der Waals surface area contributed by atoms with Crippen molar-refractivity contribution in [2.24, 2.45) is 5.73 Å². The van der Waals surface area contributed by atoms with Gasteiger partial charge >= 0.3 is 0 Å². The molecule has 0 aliphatic carbocycles. The average Bonchev–Trinajstić information content (AvgIpc) is 2.31. The SMILES string of the molecule is NC(=O)c1cc(Cl)cnc1Oc1cccc(F)c1. The van der Waals surface area contributed by atoms with Crippen LogP contribution in [0.1, 0.15) is 10.4 Å². The molecule has 92 valence electrons. The highest BCUT2D eigenvalue weighted by molar-refractivity contribution is 6.30. The standard InChI is InChI=1S/C12H8ClFN2O2/c13-7-4-10(11(15)17)12(16-6-7)18-9-3-1-2-8(14)5-9/h1-6H,(H2,15,17). The van der Waals surface area contributed by atoms with E-state index in [0.717, 1.165) is 0 Å². The highest BCUT2D eigenvalue weighted by atomic mass is 35.5. The van der Waals surface area contributed by atoms with Crippen molar-refractivity contribution < 1.29 is 13.9 Å². The van der Waals surface area contributed by atoms with Crippen LogP contribution in [-0.4, -0.2) is 10.9 Å². The van der Waals surface area contributed by atoms with Gasteiger partial charge in [-0.1, -0.05) is 17.7 Å². The van der Waals surface area contributed by atoms with Crippen LogP contribution in [0.3, 0.4) is 0 Å². The number of halogens is 2. The zero-order valence-electron chi connectivity index (χ0n) is 9.06. The third-order valence-electron chi connectivity index (χ3n) is 2.09. The molecule has 0 spiro atoms. The Morgan fingerprint density at radius 2 is 2.17 bits per heavy atom. The second-order valence-electron chi connectivity index (χ2n) is 3.43. The number of hydrogen-bond donors (Lipinski definition) is 1. The number of ether oxygens (including phenoxy) is 1. The molecule has 1 amide bonds. The van der Waals surface area contributed by atoms with Crippen molar-refractivity contribution in [2.45, 2.75) is 0 Å². The van der Waals surface area contributed by atoms with E-state index in [2.05, 4.69) is 4.98 Å². The van der Waals surface area contributed by atoms with Gasteiger partial charge in [-0.25, -0.2) is 9.37 Å². The molecule has 6 heteroatoms. The van der Waals surface area contributed by atoms with Crippen molar-refractivity contribution >= 4 is 17.5 Å². The molecule has 0 fully saturated rings. The van der Waals surface area contributed by atoms with E-state index >= 15 is 0 Å². The maximum Gasteiger partial charge on any atom is 0.254 e. The van der Waals surface area contributed by atoms with Crippen LogP contribution >= 0.6 is 11.6 Å². The van der Waals surface area contributed by atoms with Crippen molar-refractivity contribution in [3.05, 3.63) is 52.9 Å². The molecule has 0 bridgehead atoms. The van der Waals surface area contributed by atoms with E-state index in [1.165, 1.54) is 36.5 Å². The monoisotopic (exact) mass is 266 g/mol. The van der Waals surface area contributed by atoms with Crippen molar-refractivity contribution in [2.75, 3.05) is 0 Å². The van der Waals surface area contributed by atoms with E-state index in [1.54, 1.807) is 0 Å². The fourth-order valence-electron chi connectivity index (χ4n) is 1.33. The first-order chi connectivity index (χ1) is 8.56. The summed E-state index contributed by atoms with van der Waals surface area (Å²) in [6, 6.07) is 6.79. The molecule has 1 aromatic heterocycles. The molecule has 0 unspecified atom stereocenters. The van der Waals surface area contributed by atoms with E-state index in [1.807, 2.05) is 0 Å². The first kappa shape index (κ1) is 12.3. The van der Waals surface area contributed by atoms with E-state index in [4.69, 9.17) is 22.1 Å². The van der Waals surface area contributed by atoms with Gasteiger partial charge < -0.3 is 10.5 Å². The topological polar surface area (TPSA) is 65.2 Å². The van der Waals surface area contributed by atoms with Gasteiger partial charge in [-0.3, -0.25) is 4.79 Å². The Kier molecular flexibility index (Phi) is 3.43. The summed E-state index contributed by atoms with van der Waals surface area (Å²) in [5.74, 6) is -0.983. The fraction of sp³-hybridized carbons (Fsp3) is 0. The summed E-state index contributed by atoms with van der Waals surface area (Å²) in [5, 5.41) is 0.260. The Balaban J connectivity index is 2.37. The summed E-state index contributed by atoms with van der Waals surface area (Å²) in [6.07, 6.45) is 1.31. The van der Waals surface area contributed by atoms with Gasteiger partial charge in [0.05, 0.1) is 5.02 Å². The smallest absolute Gasteiger partial charge is 0.254 e. The zero-order valence-corrected chi connectivity index (χ0v) is 9.82. The van der Waals surface area contributed by atoms with Gasteiger partial charge in [0.1, 0.15) is 17.1 Å². The molecule has 0 saturated carbocycles. The molecule has 1 heterocycles. The minimum atomic E-state index is -0.726. The molecule has 0 atom stereocenters.